The van der Waals surface area contributed by atoms with E-state index in [0.717, 1.165) is 12.8 Å². The van der Waals surface area contributed by atoms with Gasteiger partial charge in [-0.25, -0.2) is 0 Å². The highest BCUT2D eigenvalue weighted by Crippen LogP contribution is 2.33. The Hall–Kier alpha value is -0.370. The molecule has 0 aromatic heterocycles. The van der Waals surface area contributed by atoms with Gasteiger partial charge in [0.05, 0.1) is 12.2 Å². The first-order valence-electron chi connectivity index (χ1n) is 8.76. The van der Waals surface area contributed by atoms with Crippen molar-refractivity contribution < 1.29 is 9.53 Å². The van der Waals surface area contributed by atoms with Crippen LogP contribution in [0.5, 0.6) is 0 Å². The maximum atomic E-state index is 12.3. The Kier molecular flexibility index (Phi) is 8.44. The Morgan fingerprint density at radius 1 is 0.850 bits per heavy atom. The van der Waals surface area contributed by atoms with Gasteiger partial charge in [-0.05, 0) is 26.2 Å². The molecule has 0 N–H and O–H groups in total. The fraction of sp³-hybridized carbons (Fsp3) is 0.944. The molecule has 0 saturated carbocycles. The van der Waals surface area contributed by atoms with E-state index in [9.17, 15) is 4.79 Å². The molecule has 4 unspecified atom stereocenters. The van der Waals surface area contributed by atoms with Crippen LogP contribution in [-0.4, -0.2) is 18.0 Å². The molecule has 2 heteroatoms. The summed E-state index contributed by atoms with van der Waals surface area (Å²) in [5.41, 5.74) is 0. The Morgan fingerprint density at radius 2 is 1.40 bits per heavy atom. The lowest BCUT2D eigenvalue weighted by Gasteiger charge is -2.16. The van der Waals surface area contributed by atoms with Crippen LogP contribution in [0.3, 0.4) is 0 Å². The van der Waals surface area contributed by atoms with E-state index in [4.69, 9.17) is 4.74 Å². The first-order valence-corrected chi connectivity index (χ1v) is 8.76. The molecule has 0 aliphatic carbocycles. The Morgan fingerprint density at radius 3 is 1.90 bits per heavy atom. The molecular weight excluding hydrogens is 248 g/mol. The van der Waals surface area contributed by atoms with Crippen LogP contribution >= 0.6 is 0 Å². The zero-order valence-corrected chi connectivity index (χ0v) is 14.0. The zero-order chi connectivity index (χ0) is 15.0. The normalized spacial score (nSPS) is 29.8. The number of carbonyl (C=O) groups excluding carboxylic acids is 1. The van der Waals surface area contributed by atoms with E-state index >= 15 is 0 Å². The summed E-state index contributed by atoms with van der Waals surface area (Å²) >= 11 is 0. The van der Waals surface area contributed by atoms with Crippen molar-refractivity contribution in [3.63, 3.8) is 0 Å². The molecule has 0 bridgehead atoms. The standard InChI is InChI=1S/C18H34O2/c1-5-6-7-8-9-10-11-12-13-17(19)18-14(2)15(3)20-16(18)4/h14-16,18H,5-13H2,1-4H3. The summed E-state index contributed by atoms with van der Waals surface area (Å²) in [6.45, 7) is 8.55. The van der Waals surface area contributed by atoms with Gasteiger partial charge < -0.3 is 4.74 Å². The summed E-state index contributed by atoms with van der Waals surface area (Å²) in [5, 5.41) is 0. The highest BCUT2D eigenvalue weighted by atomic mass is 16.5. The van der Waals surface area contributed by atoms with Gasteiger partial charge in [0.15, 0.2) is 0 Å². The van der Waals surface area contributed by atoms with Crippen LogP contribution in [0.2, 0.25) is 0 Å². The third kappa shape index (κ3) is 5.55. The van der Waals surface area contributed by atoms with Crippen LogP contribution < -0.4 is 0 Å². The minimum absolute atomic E-state index is 0.113. The van der Waals surface area contributed by atoms with E-state index < -0.39 is 0 Å². The van der Waals surface area contributed by atoms with Crippen molar-refractivity contribution in [3.05, 3.63) is 0 Å². The predicted octanol–water partition coefficient (Wildman–Crippen LogP) is 5.15. The van der Waals surface area contributed by atoms with Crippen molar-refractivity contribution in [2.45, 2.75) is 97.7 Å². The van der Waals surface area contributed by atoms with E-state index in [1.165, 1.54) is 44.9 Å². The number of hydrogen-bond donors (Lipinski definition) is 0. The molecule has 1 aliphatic rings. The SMILES string of the molecule is CCCCCCCCCCC(=O)C1C(C)OC(C)C1C. The molecule has 0 aromatic rings. The van der Waals surface area contributed by atoms with Crippen molar-refractivity contribution in [3.8, 4) is 0 Å². The van der Waals surface area contributed by atoms with Gasteiger partial charge in [-0.1, -0.05) is 58.8 Å². The van der Waals surface area contributed by atoms with Crippen LogP contribution in [0.1, 0.15) is 85.5 Å². The first-order chi connectivity index (χ1) is 9.57. The summed E-state index contributed by atoms with van der Waals surface area (Å²) in [6, 6.07) is 0. The van der Waals surface area contributed by atoms with Crippen molar-refractivity contribution in [2.75, 3.05) is 0 Å². The van der Waals surface area contributed by atoms with Crippen molar-refractivity contribution in [1.82, 2.24) is 0 Å². The van der Waals surface area contributed by atoms with Crippen LogP contribution in [0.15, 0.2) is 0 Å². The third-order valence-electron chi connectivity index (χ3n) is 4.89. The van der Waals surface area contributed by atoms with Gasteiger partial charge in [0.25, 0.3) is 0 Å². The third-order valence-corrected chi connectivity index (χ3v) is 4.89. The van der Waals surface area contributed by atoms with Crippen molar-refractivity contribution >= 4 is 5.78 Å². The number of carbonyl (C=O) groups is 1. The molecule has 2 nitrogen and oxygen atoms in total. The van der Waals surface area contributed by atoms with Gasteiger partial charge in [0, 0.05) is 12.3 Å². The summed E-state index contributed by atoms with van der Waals surface area (Å²) in [6.07, 6.45) is 11.4. The monoisotopic (exact) mass is 282 g/mol. The van der Waals surface area contributed by atoms with Crippen molar-refractivity contribution in [1.29, 1.82) is 0 Å². The smallest absolute Gasteiger partial charge is 0.138 e. The fourth-order valence-corrected chi connectivity index (χ4v) is 3.42. The predicted molar refractivity (Wildman–Crippen MR) is 84.9 cm³/mol. The van der Waals surface area contributed by atoms with Gasteiger partial charge in [-0.3, -0.25) is 4.79 Å². The Balaban J connectivity index is 2.08. The highest BCUT2D eigenvalue weighted by Gasteiger charge is 2.40. The molecule has 1 rings (SSSR count). The molecule has 0 amide bonds. The summed E-state index contributed by atoms with van der Waals surface area (Å²) in [5.74, 6) is 0.946. The maximum Gasteiger partial charge on any atom is 0.138 e. The molecule has 4 atom stereocenters. The summed E-state index contributed by atoms with van der Waals surface area (Å²) in [4.78, 5) is 12.3. The van der Waals surface area contributed by atoms with E-state index in [-0.39, 0.29) is 18.1 Å². The molecule has 0 radical (unpaired) electrons. The maximum absolute atomic E-state index is 12.3. The molecule has 118 valence electrons. The van der Waals surface area contributed by atoms with E-state index in [1.54, 1.807) is 0 Å². The number of unbranched alkanes of at least 4 members (excludes halogenated alkanes) is 7. The largest absolute Gasteiger partial charge is 0.375 e. The molecule has 0 aromatic carbocycles. The van der Waals surface area contributed by atoms with Crippen LogP contribution in [0.4, 0.5) is 0 Å². The van der Waals surface area contributed by atoms with E-state index in [1.807, 2.05) is 0 Å². The lowest BCUT2D eigenvalue weighted by Crippen LogP contribution is -2.26. The van der Waals surface area contributed by atoms with Gasteiger partial charge in [0.1, 0.15) is 5.78 Å². The van der Waals surface area contributed by atoms with Gasteiger partial charge in [-0.15, -0.1) is 0 Å². The molecule has 1 fully saturated rings. The average molecular weight is 282 g/mol. The zero-order valence-electron chi connectivity index (χ0n) is 14.0. The molecule has 0 spiro atoms. The second-order valence-corrected chi connectivity index (χ2v) is 6.62. The van der Waals surface area contributed by atoms with Gasteiger partial charge in [0.2, 0.25) is 0 Å². The summed E-state index contributed by atoms with van der Waals surface area (Å²) < 4.78 is 5.77. The quantitative estimate of drug-likeness (QED) is 0.518. The van der Waals surface area contributed by atoms with Gasteiger partial charge in [-0.2, -0.15) is 0 Å². The highest BCUT2D eigenvalue weighted by molar-refractivity contribution is 5.82. The first kappa shape index (κ1) is 17.7. The Bertz CT molecular complexity index is 275. The van der Waals surface area contributed by atoms with Crippen LogP contribution in [0, 0.1) is 11.8 Å². The molecule has 1 saturated heterocycles. The lowest BCUT2D eigenvalue weighted by atomic mass is 9.84. The minimum Gasteiger partial charge on any atom is -0.375 e. The number of ketones is 1. The number of hydrogen-bond acceptors (Lipinski definition) is 2. The molecular formula is C18H34O2. The van der Waals surface area contributed by atoms with Crippen LogP contribution in [-0.2, 0) is 9.53 Å². The minimum atomic E-state index is 0.113. The number of Topliss-reactive ketones (excluding diaryl/α,β-unsaturated/α-hetero) is 1. The second kappa shape index (κ2) is 9.55. The Labute approximate surface area is 125 Å². The number of ether oxygens (including phenoxy) is 1. The summed E-state index contributed by atoms with van der Waals surface area (Å²) in [7, 11) is 0. The number of rotatable bonds is 10. The fourth-order valence-electron chi connectivity index (χ4n) is 3.42. The van der Waals surface area contributed by atoms with Crippen LogP contribution in [0.25, 0.3) is 0 Å². The second-order valence-electron chi connectivity index (χ2n) is 6.62. The molecule has 1 heterocycles. The van der Waals surface area contributed by atoms with Gasteiger partial charge >= 0.3 is 0 Å². The van der Waals surface area contributed by atoms with Crippen molar-refractivity contribution in [2.24, 2.45) is 11.8 Å². The van der Waals surface area contributed by atoms with E-state index in [2.05, 4.69) is 27.7 Å². The molecule has 1 aliphatic heterocycles. The lowest BCUT2D eigenvalue weighted by molar-refractivity contribution is -0.125. The van der Waals surface area contributed by atoms with E-state index in [0.29, 0.717) is 11.7 Å². The topological polar surface area (TPSA) is 26.3 Å². The average Bonchev–Trinajstić information content (AvgIpc) is 2.66. The molecule has 20 heavy (non-hydrogen) atoms.